The van der Waals surface area contributed by atoms with Gasteiger partial charge in [0.2, 0.25) is 5.91 Å². The Hall–Kier alpha value is -0.870. The van der Waals surface area contributed by atoms with Crippen molar-refractivity contribution < 1.29 is 4.79 Å². The molecule has 3 rings (SSSR count). The molecular weight excluding hydrogens is 280 g/mol. The Labute approximate surface area is 131 Å². The third-order valence-corrected chi connectivity index (χ3v) is 5.85. The second-order valence-corrected chi connectivity index (χ2v) is 7.81. The molecule has 2 heterocycles. The maximum absolute atomic E-state index is 12.4. The number of hydrogen-bond acceptors (Lipinski definition) is 3. The van der Waals surface area contributed by atoms with Gasteiger partial charge >= 0.3 is 0 Å². The van der Waals surface area contributed by atoms with E-state index in [0.717, 1.165) is 32.5 Å². The molecule has 2 unspecified atom stereocenters. The molecule has 0 radical (unpaired) electrons. The van der Waals surface area contributed by atoms with Gasteiger partial charge < -0.3 is 5.32 Å². The average Bonchev–Trinajstić information content (AvgIpc) is 3.09. The monoisotopic (exact) mass is 306 g/mol. The van der Waals surface area contributed by atoms with Gasteiger partial charge in [0.25, 0.3) is 0 Å². The fourth-order valence-corrected chi connectivity index (χ4v) is 4.69. The Bertz CT molecular complexity index is 485. The lowest BCUT2D eigenvalue weighted by Gasteiger charge is -2.33. The molecule has 3 nitrogen and oxygen atoms in total. The first-order valence-electron chi connectivity index (χ1n) is 8.31. The lowest BCUT2D eigenvalue weighted by Crippen LogP contribution is -2.45. The maximum Gasteiger partial charge on any atom is 0.224 e. The molecule has 0 spiro atoms. The number of fused-ring (bicyclic) bond motifs is 1. The van der Waals surface area contributed by atoms with Gasteiger partial charge in [-0.1, -0.05) is 12.8 Å². The highest BCUT2D eigenvalue weighted by molar-refractivity contribution is 7.11. The summed E-state index contributed by atoms with van der Waals surface area (Å²) >= 11 is 1.90. The van der Waals surface area contributed by atoms with Gasteiger partial charge in [0.1, 0.15) is 0 Å². The van der Waals surface area contributed by atoms with E-state index in [9.17, 15) is 4.79 Å². The van der Waals surface area contributed by atoms with Crippen molar-refractivity contribution in [1.29, 1.82) is 0 Å². The Balaban J connectivity index is 1.75. The first kappa shape index (κ1) is 15.0. The van der Waals surface area contributed by atoms with Crippen LogP contribution < -0.4 is 5.32 Å². The molecule has 1 aliphatic carbocycles. The van der Waals surface area contributed by atoms with Crippen molar-refractivity contribution in [2.45, 2.75) is 58.0 Å². The van der Waals surface area contributed by atoms with Crippen molar-refractivity contribution in [2.24, 2.45) is 5.92 Å². The van der Waals surface area contributed by atoms with Crippen molar-refractivity contribution in [3.8, 4) is 0 Å². The van der Waals surface area contributed by atoms with Crippen LogP contribution in [0.25, 0.3) is 0 Å². The highest BCUT2D eigenvalue weighted by Crippen LogP contribution is 2.32. The minimum Gasteiger partial charge on any atom is -0.356 e. The van der Waals surface area contributed by atoms with Crippen molar-refractivity contribution in [3.63, 3.8) is 0 Å². The summed E-state index contributed by atoms with van der Waals surface area (Å²) in [7, 11) is 0. The molecule has 0 bridgehead atoms. The number of carbonyl (C=O) groups excluding carboxylic acids is 1. The summed E-state index contributed by atoms with van der Waals surface area (Å²) in [6.07, 6.45) is 7.04. The Morgan fingerprint density at radius 3 is 2.95 bits per heavy atom. The molecule has 1 aliphatic heterocycles. The quantitative estimate of drug-likeness (QED) is 0.909. The zero-order valence-corrected chi connectivity index (χ0v) is 13.8. The number of amides is 1. The van der Waals surface area contributed by atoms with Gasteiger partial charge in [0, 0.05) is 28.9 Å². The molecule has 1 saturated carbocycles. The number of rotatable bonds is 2. The van der Waals surface area contributed by atoms with E-state index in [1.807, 2.05) is 11.3 Å². The summed E-state index contributed by atoms with van der Waals surface area (Å²) in [5.74, 6) is 0.510. The van der Waals surface area contributed by atoms with Crippen LogP contribution >= 0.6 is 11.3 Å². The first-order valence-corrected chi connectivity index (χ1v) is 9.13. The third kappa shape index (κ3) is 3.67. The van der Waals surface area contributed by atoms with E-state index in [0.29, 0.717) is 11.9 Å². The van der Waals surface area contributed by atoms with E-state index in [1.165, 1.54) is 35.4 Å². The molecule has 2 fully saturated rings. The summed E-state index contributed by atoms with van der Waals surface area (Å²) in [5.41, 5.74) is 0. The van der Waals surface area contributed by atoms with E-state index >= 15 is 0 Å². The van der Waals surface area contributed by atoms with Crippen molar-refractivity contribution in [2.75, 3.05) is 13.1 Å². The first-order chi connectivity index (χ1) is 10.2. The molecule has 1 amide bonds. The molecule has 1 saturated heterocycles. The molecule has 1 aromatic heterocycles. The smallest absolute Gasteiger partial charge is 0.224 e. The van der Waals surface area contributed by atoms with Crippen LogP contribution in [0.2, 0.25) is 0 Å². The summed E-state index contributed by atoms with van der Waals surface area (Å²) in [6.45, 7) is 5.20. The third-order valence-electron chi connectivity index (χ3n) is 4.86. The van der Waals surface area contributed by atoms with Crippen LogP contribution in [0, 0.1) is 12.8 Å². The predicted octanol–water partition coefficient (Wildman–Crippen LogP) is 3.33. The van der Waals surface area contributed by atoms with Gasteiger partial charge in [0.05, 0.1) is 5.92 Å². The fraction of sp³-hybridized carbons (Fsp3) is 0.706. The van der Waals surface area contributed by atoms with Crippen LogP contribution in [0.1, 0.15) is 48.3 Å². The standard InChI is InChI=1S/C17H26N2OS/c1-13-8-9-14(21-13)12-19-11-4-2-3-10-18-17(20)15-6-5-7-16(15)19/h8-9,15-16H,2-7,10-12H2,1H3,(H,18,20). The molecule has 1 N–H and O–H groups in total. The molecule has 21 heavy (non-hydrogen) atoms. The Morgan fingerprint density at radius 1 is 1.24 bits per heavy atom. The van der Waals surface area contributed by atoms with Crippen molar-refractivity contribution in [3.05, 3.63) is 21.9 Å². The topological polar surface area (TPSA) is 32.3 Å². The lowest BCUT2D eigenvalue weighted by atomic mass is 9.99. The highest BCUT2D eigenvalue weighted by Gasteiger charge is 2.36. The van der Waals surface area contributed by atoms with E-state index < -0.39 is 0 Å². The van der Waals surface area contributed by atoms with E-state index in [1.54, 1.807) is 0 Å². The molecule has 4 heteroatoms. The second kappa shape index (κ2) is 6.93. The van der Waals surface area contributed by atoms with Gasteiger partial charge in [0.15, 0.2) is 0 Å². The lowest BCUT2D eigenvalue weighted by molar-refractivity contribution is -0.126. The minimum absolute atomic E-state index is 0.212. The van der Waals surface area contributed by atoms with E-state index in [2.05, 4.69) is 29.3 Å². The van der Waals surface area contributed by atoms with Crippen LogP contribution in [0.5, 0.6) is 0 Å². The van der Waals surface area contributed by atoms with Crippen molar-refractivity contribution in [1.82, 2.24) is 10.2 Å². The molecule has 1 aromatic rings. The van der Waals surface area contributed by atoms with Crippen molar-refractivity contribution >= 4 is 17.2 Å². The van der Waals surface area contributed by atoms with Crippen LogP contribution in [0.4, 0.5) is 0 Å². The molecule has 2 aliphatic rings. The zero-order chi connectivity index (χ0) is 14.7. The summed E-state index contributed by atoms with van der Waals surface area (Å²) < 4.78 is 0. The second-order valence-electron chi connectivity index (χ2n) is 6.44. The average molecular weight is 306 g/mol. The van der Waals surface area contributed by atoms with Crippen LogP contribution in [0.3, 0.4) is 0 Å². The SMILES string of the molecule is Cc1ccc(CN2CCCCCNC(=O)C3CCCC32)s1. The number of nitrogens with one attached hydrogen (secondary N) is 1. The number of nitrogens with zero attached hydrogens (tertiary/aromatic N) is 1. The van der Waals surface area contributed by atoms with Gasteiger partial charge in [-0.05, 0) is 51.3 Å². The Kier molecular flexibility index (Phi) is 4.96. The molecule has 0 aromatic carbocycles. The number of carbonyl (C=O) groups is 1. The molecule has 2 atom stereocenters. The summed E-state index contributed by atoms with van der Waals surface area (Å²) in [4.78, 5) is 17.8. The highest BCUT2D eigenvalue weighted by atomic mass is 32.1. The molecular formula is C17H26N2OS. The predicted molar refractivity (Wildman–Crippen MR) is 87.5 cm³/mol. The summed E-state index contributed by atoms with van der Waals surface area (Å²) in [6, 6.07) is 4.91. The van der Waals surface area contributed by atoms with Crippen LogP contribution in [-0.4, -0.2) is 29.9 Å². The normalized spacial score (nSPS) is 28.1. The van der Waals surface area contributed by atoms with E-state index in [-0.39, 0.29) is 5.92 Å². The number of hydrogen-bond donors (Lipinski definition) is 1. The van der Waals surface area contributed by atoms with E-state index in [4.69, 9.17) is 0 Å². The minimum atomic E-state index is 0.212. The molecule has 116 valence electrons. The maximum atomic E-state index is 12.4. The number of thiophene rings is 1. The Morgan fingerprint density at radius 2 is 2.14 bits per heavy atom. The van der Waals surface area contributed by atoms with Gasteiger partial charge in [-0.25, -0.2) is 0 Å². The fourth-order valence-electron chi connectivity index (χ4n) is 3.78. The summed E-state index contributed by atoms with van der Waals surface area (Å²) in [5, 5.41) is 3.15. The largest absolute Gasteiger partial charge is 0.356 e. The zero-order valence-electron chi connectivity index (χ0n) is 12.9. The van der Waals surface area contributed by atoms with Gasteiger partial charge in [-0.15, -0.1) is 11.3 Å². The van der Waals surface area contributed by atoms with Gasteiger partial charge in [-0.2, -0.15) is 0 Å². The van der Waals surface area contributed by atoms with Gasteiger partial charge in [-0.3, -0.25) is 9.69 Å². The van der Waals surface area contributed by atoms with Crippen LogP contribution in [-0.2, 0) is 11.3 Å². The number of aryl methyl sites for hydroxylation is 1. The van der Waals surface area contributed by atoms with Crippen LogP contribution in [0.15, 0.2) is 12.1 Å².